The molecule has 1 aliphatic rings. The molecule has 1 fully saturated rings. The summed E-state index contributed by atoms with van der Waals surface area (Å²) in [5, 5.41) is 14.6. The number of carboxylic acid groups (broad SMARTS) is 1. The fourth-order valence-corrected chi connectivity index (χ4v) is 3.33. The van der Waals surface area contributed by atoms with E-state index in [4.69, 9.17) is 5.11 Å². The molecule has 1 amide bonds. The molecule has 22 heavy (non-hydrogen) atoms. The van der Waals surface area contributed by atoms with E-state index in [2.05, 4.69) is 10.3 Å². The van der Waals surface area contributed by atoms with Gasteiger partial charge < -0.3 is 10.4 Å². The highest BCUT2D eigenvalue weighted by molar-refractivity contribution is 7.12. The van der Waals surface area contributed by atoms with Crippen LogP contribution in [0.25, 0.3) is 5.13 Å². The molecule has 0 spiro atoms. The molecule has 0 aliphatic heterocycles. The highest BCUT2D eigenvalue weighted by Crippen LogP contribution is 2.45. The van der Waals surface area contributed by atoms with Crippen LogP contribution in [0, 0.1) is 19.3 Å². The van der Waals surface area contributed by atoms with Crippen LogP contribution in [-0.4, -0.2) is 33.1 Å². The molecule has 1 saturated carbocycles. The van der Waals surface area contributed by atoms with E-state index in [1.54, 1.807) is 6.20 Å². The number of aliphatic carboxylic acids is 1. The van der Waals surface area contributed by atoms with Crippen molar-refractivity contribution in [3.05, 3.63) is 34.6 Å². The molecule has 0 unspecified atom stereocenters. The second-order valence-electron chi connectivity index (χ2n) is 5.70. The number of thiazole rings is 1. The van der Waals surface area contributed by atoms with Gasteiger partial charge in [0.15, 0.2) is 5.13 Å². The Morgan fingerprint density at radius 1 is 1.45 bits per heavy atom. The van der Waals surface area contributed by atoms with Crippen molar-refractivity contribution in [2.24, 2.45) is 5.41 Å². The highest BCUT2D eigenvalue weighted by Gasteiger charge is 2.50. The molecule has 0 aromatic carbocycles. The van der Waals surface area contributed by atoms with E-state index in [0.29, 0.717) is 18.4 Å². The van der Waals surface area contributed by atoms with E-state index in [1.807, 2.05) is 29.9 Å². The summed E-state index contributed by atoms with van der Waals surface area (Å²) in [4.78, 5) is 27.8. The van der Waals surface area contributed by atoms with Crippen LogP contribution in [0.2, 0.25) is 0 Å². The number of aromatic nitrogens is 2. The Kier molecular flexibility index (Phi) is 3.52. The lowest BCUT2D eigenvalue weighted by atomic mass is 10.1. The number of carboxylic acids is 1. The monoisotopic (exact) mass is 319 g/mol. The van der Waals surface area contributed by atoms with Crippen molar-refractivity contribution in [3.63, 3.8) is 0 Å². The van der Waals surface area contributed by atoms with E-state index in [0.717, 1.165) is 16.5 Å². The van der Waals surface area contributed by atoms with Crippen LogP contribution in [0.3, 0.4) is 0 Å². The summed E-state index contributed by atoms with van der Waals surface area (Å²) < 4.78 is 1.93. The minimum Gasteiger partial charge on any atom is -0.481 e. The fraction of sp³-hybridized carbons (Fsp3) is 0.400. The Hall–Kier alpha value is -2.15. The lowest BCUT2D eigenvalue weighted by Crippen LogP contribution is -2.34. The summed E-state index contributed by atoms with van der Waals surface area (Å²) in [5.74, 6) is -1.07. The molecule has 0 radical (unpaired) electrons. The average Bonchev–Trinajstić information content (AvgIpc) is 2.98. The van der Waals surface area contributed by atoms with Gasteiger partial charge in [0.25, 0.3) is 5.91 Å². The van der Waals surface area contributed by atoms with Gasteiger partial charge in [-0.15, -0.1) is 11.3 Å². The van der Waals surface area contributed by atoms with Gasteiger partial charge in [-0.25, -0.2) is 4.98 Å². The van der Waals surface area contributed by atoms with Gasteiger partial charge in [0.1, 0.15) is 0 Å². The third kappa shape index (κ3) is 2.41. The van der Waals surface area contributed by atoms with Crippen molar-refractivity contribution in [3.8, 4) is 5.13 Å². The van der Waals surface area contributed by atoms with Gasteiger partial charge in [0.05, 0.1) is 11.0 Å². The number of carbonyl (C=O) groups is 2. The first-order chi connectivity index (χ1) is 10.4. The number of amides is 1. The van der Waals surface area contributed by atoms with Gasteiger partial charge in [-0.2, -0.15) is 0 Å². The summed E-state index contributed by atoms with van der Waals surface area (Å²) in [6.07, 6.45) is 2.98. The van der Waals surface area contributed by atoms with E-state index in [9.17, 15) is 9.59 Å². The van der Waals surface area contributed by atoms with Crippen LogP contribution < -0.4 is 5.32 Å². The number of hydrogen-bond donors (Lipinski definition) is 2. The van der Waals surface area contributed by atoms with Gasteiger partial charge in [0, 0.05) is 29.5 Å². The molecule has 2 aromatic heterocycles. The molecule has 1 aliphatic carbocycles. The van der Waals surface area contributed by atoms with Crippen LogP contribution in [0.5, 0.6) is 0 Å². The molecular weight excluding hydrogens is 302 g/mol. The van der Waals surface area contributed by atoms with E-state index in [1.165, 1.54) is 11.3 Å². The first-order valence-corrected chi connectivity index (χ1v) is 7.93. The lowest BCUT2D eigenvalue weighted by molar-refractivity contribution is -0.143. The average molecular weight is 319 g/mol. The van der Waals surface area contributed by atoms with Gasteiger partial charge in [-0.1, -0.05) is 0 Å². The maximum atomic E-state index is 12.4. The standard InChI is InChI=1S/C15H17N3O3S/c1-9-7-11(10(2)18(9)14-16-5-6-22-14)12(19)17-8-15(3-4-15)13(20)21/h5-7H,3-4,8H2,1-2H3,(H,17,19)(H,20,21). The number of carbonyl (C=O) groups excluding carboxylic acids is 1. The summed E-state index contributed by atoms with van der Waals surface area (Å²) in [6, 6.07) is 1.81. The van der Waals surface area contributed by atoms with Crippen molar-refractivity contribution in [2.45, 2.75) is 26.7 Å². The zero-order valence-electron chi connectivity index (χ0n) is 12.4. The van der Waals surface area contributed by atoms with Gasteiger partial charge >= 0.3 is 5.97 Å². The van der Waals surface area contributed by atoms with Crippen LogP contribution in [0.1, 0.15) is 34.6 Å². The number of hydrogen-bond acceptors (Lipinski definition) is 4. The van der Waals surface area contributed by atoms with E-state index in [-0.39, 0.29) is 12.5 Å². The Labute approximate surface area is 131 Å². The van der Waals surface area contributed by atoms with Crippen molar-refractivity contribution < 1.29 is 14.7 Å². The second-order valence-corrected chi connectivity index (χ2v) is 6.58. The number of rotatable bonds is 5. The van der Waals surface area contributed by atoms with Crippen molar-refractivity contribution in [1.82, 2.24) is 14.9 Å². The predicted molar refractivity (Wildman–Crippen MR) is 82.6 cm³/mol. The fourth-order valence-electron chi connectivity index (χ4n) is 2.58. The smallest absolute Gasteiger partial charge is 0.311 e. The summed E-state index contributed by atoms with van der Waals surface area (Å²) in [7, 11) is 0. The Morgan fingerprint density at radius 2 is 2.18 bits per heavy atom. The predicted octanol–water partition coefficient (Wildman–Crippen LogP) is 2.15. The lowest BCUT2D eigenvalue weighted by Gasteiger charge is -2.11. The van der Waals surface area contributed by atoms with Gasteiger partial charge in [0.2, 0.25) is 0 Å². The third-order valence-corrected chi connectivity index (χ3v) is 4.94. The van der Waals surface area contributed by atoms with Gasteiger partial charge in [-0.3, -0.25) is 14.2 Å². The van der Waals surface area contributed by atoms with Crippen LogP contribution >= 0.6 is 11.3 Å². The molecule has 0 saturated heterocycles. The molecule has 3 rings (SSSR count). The minimum atomic E-state index is -0.832. The van der Waals surface area contributed by atoms with E-state index >= 15 is 0 Å². The molecule has 6 nitrogen and oxygen atoms in total. The third-order valence-electron chi connectivity index (χ3n) is 4.18. The first kappa shape index (κ1) is 14.8. The summed E-state index contributed by atoms with van der Waals surface area (Å²) in [6.45, 7) is 3.97. The number of nitrogens with one attached hydrogen (secondary N) is 1. The molecule has 2 heterocycles. The number of nitrogens with zero attached hydrogens (tertiary/aromatic N) is 2. The van der Waals surface area contributed by atoms with Crippen LogP contribution in [-0.2, 0) is 4.79 Å². The largest absolute Gasteiger partial charge is 0.481 e. The highest BCUT2D eigenvalue weighted by atomic mass is 32.1. The molecule has 7 heteroatoms. The Bertz CT molecular complexity index is 730. The molecule has 2 aromatic rings. The SMILES string of the molecule is Cc1cc(C(=O)NCC2(C(=O)O)CC2)c(C)n1-c1nccs1. The minimum absolute atomic E-state index is 0.183. The maximum Gasteiger partial charge on any atom is 0.311 e. The zero-order chi connectivity index (χ0) is 15.9. The normalized spacial score (nSPS) is 15.5. The summed E-state index contributed by atoms with van der Waals surface area (Å²) in [5.41, 5.74) is 1.55. The Balaban J connectivity index is 1.79. The Morgan fingerprint density at radius 3 is 2.73 bits per heavy atom. The van der Waals surface area contributed by atoms with Crippen LogP contribution in [0.4, 0.5) is 0 Å². The molecule has 116 valence electrons. The molecule has 0 atom stereocenters. The van der Waals surface area contributed by atoms with Crippen molar-refractivity contribution in [2.75, 3.05) is 6.54 Å². The quantitative estimate of drug-likeness (QED) is 0.884. The topological polar surface area (TPSA) is 84.2 Å². The molecular formula is C15H17N3O3S. The van der Waals surface area contributed by atoms with Gasteiger partial charge in [-0.05, 0) is 32.8 Å². The molecule has 0 bridgehead atoms. The molecule has 2 N–H and O–H groups in total. The number of aryl methyl sites for hydroxylation is 1. The first-order valence-electron chi connectivity index (χ1n) is 7.05. The maximum absolute atomic E-state index is 12.4. The van der Waals surface area contributed by atoms with Crippen molar-refractivity contribution >= 4 is 23.2 Å². The summed E-state index contributed by atoms with van der Waals surface area (Å²) >= 11 is 1.50. The van der Waals surface area contributed by atoms with Crippen LogP contribution in [0.15, 0.2) is 17.6 Å². The second kappa shape index (κ2) is 5.24. The van der Waals surface area contributed by atoms with E-state index < -0.39 is 11.4 Å². The van der Waals surface area contributed by atoms with Crippen molar-refractivity contribution in [1.29, 1.82) is 0 Å². The zero-order valence-corrected chi connectivity index (χ0v) is 13.2.